The molecule has 1 amide bonds. The number of halogens is 2. The third-order valence-corrected chi connectivity index (χ3v) is 7.54. The predicted octanol–water partition coefficient (Wildman–Crippen LogP) is 5.59. The summed E-state index contributed by atoms with van der Waals surface area (Å²) in [7, 11) is 0. The maximum absolute atomic E-state index is 14.5. The first-order chi connectivity index (χ1) is 18.5. The second-order valence-electron chi connectivity index (χ2n) is 10.1. The van der Waals surface area contributed by atoms with Crippen LogP contribution in [0.1, 0.15) is 59.6 Å². The summed E-state index contributed by atoms with van der Waals surface area (Å²) in [6, 6.07) is 12.8. The van der Waals surface area contributed by atoms with Crippen molar-refractivity contribution in [1.82, 2.24) is 19.5 Å². The van der Waals surface area contributed by atoms with Gasteiger partial charge in [0.25, 0.3) is 5.91 Å². The van der Waals surface area contributed by atoms with Gasteiger partial charge >= 0.3 is 0 Å². The van der Waals surface area contributed by atoms with Crippen LogP contribution < -0.4 is 10.2 Å². The van der Waals surface area contributed by atoms with Crippen LogP contribution in [0.15, 0.2) is 60.9 Å². The highest BCUT2D eigenvalue weighted by atomic mass is 19.1. The van der Waals surface area contributed by atoms with Crippen LogP contribution in [-0.2, 0) is 6.54 Å². The fourth-order valence-corrected chi connectivity index (χ4v) is 5.57. The monoisotopic (exact) mass is 516 g/mol. The van der Waals surface area contributed by atoms with Crippen molar-refractivity contribution < 1.29 is 13.6 Å². The Kier molecular flexibility index (Phi) is 6.76. The highest BCUT2D eigenvalue weighted by Crippen LogP contribution is 2.37. The van der Waals surface area contributed by atoms with Crippen molar-refractivity contribution in [1.29, 1.82) is 0 Å². The lowest BCUT2D eigenvalue weighted by atomic mass is 10.0. The average molecular weight is 517 g/mol. The van der Waals surface area contributed by atoms with Crippen molar-refractivity contribution in [2.45, 2.75) is 44.7 Å². The molecule has 2 aromatic carbocycles. The summed E-state index contributed by atoms with van der Waals surface area (Å²) in [5.41, 5.74) is 3.06. The van der Waals surface area contributed by atoms with Gasteiger partial charge in [0.15, 0.2) is 5.65 Å². The van der Waals surface area contributed by atoms with Gasteiger partial charge in [-0.05, 0) is 80.7 Å². The summed E-state index contributed by atoms with van der Waals surface area (Å²) in [6.07, 6.45) is 8.67. The third kappa shape index (κ3) is 4.98. The average Bonchev–Trinajstić information content (AvgIpc) is 3.58. The molecular formula is C29H30F2N6O. The maximum Gasteiger partial charge on any atom is 0.255 e. The van der Waals surface area contributed by atoms with Crippen molar-refractivity contribution >= 4 is 23.1 Å². The number of carbonyl (C=O) groups excluding carboxylic acids is 1. The SMILES string of the molecule is O=C(Nc1cnn2ccc(N3CCCC3c3cc(F)ccc3F)nc12)c1ccc(CN2CCCCC2)cc1. The van der Waals surface area contributed by atoms with Crippen molar-refractivity contribution in [3.8, 4) is 0 Å². The van der Waals surface area contributed by atoms with Crippen LogP contribution in [0, 0.1) is 11.6 Å². The van der Waals surface area contributed by atoms with E-state index in [0.717, 1.165) is 32.1 Å². The zero-order chi connectivity index (χ0) is 26.1. The Morgan fingerprint density at radius 3 is 2.61 bits per heavy atom. The van der Waals surface area contributed by atoms with E-state index < -0.39 is 11.6 Å². The second-order valence-corrected chi connectivity index (χ2v) is 10.1. The second kappa shape index (κ2) is 10.5. The molecule has 0 spiro atoms. The molecule has 1 N–H and O–H groups in total. The Hall–Kier alpha value is -3.85. The Labute approximate surface area is 220 Å². The molecule has 0 radical (unpaired) electrons. The van der Waals surface area contributed by atoms with Crippen LogP contribution >= 0.6 is 0 Å². The number of benzene rings is 2. The van der Waals surface area contributed by atoms with Crippen LogP contribution in [0.25, 0.3) is 5.65 Å². The lowest BCUT2D eigenvalue weighted by Gasteiger charge is -2.26. The van der Waals surface area contributed by atoms with Crippen molar-refractivity contribution in [3.63, 3.8) is 0 Å². The summed E-state index contributed by atoms with van der Waals surface area (Å²) in [5, 5.41) is 7.26. The Balaban J connectivity index is 1.20. The first-order valence-electron chi connectivity index (χ1n) is 13.2. The van der Waals surface area contributed by atoms with Crippen LogP contribution in [0.3, 0.4) is 0 Å². The number of anilines is 2. The number of fused-ring (bicyclic) bond motifs is 1. The lowest BCUT2D eigenvalue weighted by molar-refractivity contribution is 0.102. The van der Waals surface area contributed by atoms with Crippen molar-refractivity contribution in [3.05, 3.63) is 89.2 Å². The van der Waals surface area contributed by atoms with E-state index in [1.54, 1.807) is 16.9 Å². The van der Waals surface area contributed by atoms with Gasteiger partial charge in [-0.25, -0.2) is 18.3 Å². The number of hydrogen-bond donors (Lipinski definition) is 1. The minimum absolute atomic E-state index is 0.238. The smallest absolute Gasteiger partial charge is 0.255 e. The van der Waals surface area contributed by atoms with Gasteiger partial charge in [-0.15, -0.1) is 0 Å². The van der Waals surface area contributed by atoms with Gasteiger partial charge in [0, 0.05) is 30.4 Å². The van der Waals surface area contributed by atoms with E-state index in [1.807, 2.05) is 35.2 Å². The first kappa shape index (κ1) is 24.5. The van der Waals surface area contributed by atoms with E-state index in [0.29, 0.717) is 41.2 Å². The molecule has 2 aliphatic heterocycles. The number of rotatable bonds is 6. The van der Waals surface area contributed by atoms with Crippen LogP contribution in [-0.4, -0.2) is 45.0 Å². The fourth-order valence-electron chi connectivity index (χ4n) is 5.57. The van der Waals surface area contributed by atoms with E-state index in [2.05, 4.69) is 15.3 Å². The molecule has 2 aromatic heterocycles. The van der Waals surface area contributed by atoms with Crippen LogP contribution in [0.2, 0.25) is 0 Å². The van der Waals surface area contributed by atoms with E-state index >= 15 is 0 Å². The lowest BCUT2D eigenvalue weighted by Crippen LogP contribution is -2.29. The normalized spacial score (nSPS) is 18.3. The highest BCUT2D eigenvalue weighted by Gasteiger charge is 2.30. The zero-order valence-electron chi connectivity index (χ0n) is 21.1. The highest BCUT2D eigenvalue weighted by molar-refractivity contribution is 6.06. The molecule has 1 unspecified atom stereocenters. The van der Waals surface area contributed by atoms with Crippen molar-refractivity contribution in [2.75, 3.05) is 29.9 Å². The molecule has 2 fully saturated rings. The van der Waals surface area contributed by atoms with Gasteiger partial charge in [0.05, 0.1) is 12.2 Å². The number of aromatic nitrogens is 3. The topological polar surface area (TPSA) is 65.8 Å². The quantitative estimate of drug-likeness (QED) is 0.362. The van der Waals surface area contributed by atoms with E-state index in [-0.39, 0.29) is 11.9 Å². The van der Waals surface area contributed by atoms with Gasteiger partial charge in [0.1, 0.15) is 23.1 Å². The number of carbonyl (C=O) groups is 1. The molecule has 2 saturated heterocycles. The van der Waals surface area contributed by atoms with Gasteiger partial charge in [0.2, 0.25) is 0 Å². The molecule has 6 rings (SSSR count). The summed E-state index contributed by atoms with van der Waals surface area (Å²) in [4.78, 5) is 22.2. The van der Waals surface area contributed by atoms with Crippen LogP contribution in [0.4, 0.5) is 20.3 Å². The number of piperidine rings is 1. The summed E-state index contributed by atoms with van der Waals surface area (Å²) in [6.45, 7) is 3.83. The summed E-state index contributed by atoms with van der Waals surface area (Å²) < 4.78 is 30.0. The molecule has 196 valence electrons. The third-order valence-electron chi connectivity index (χ3n) is 7.54. The predicted molar refractivity (Wildman–Crippen MR) is 142 cm³/mol. The standard InChI is InChI=1S/C29H30F2N6O/c30-22-10-11-24(31)23(17-22)26-5-4-15-36(26)27-12-16-37-28(34-27)25(18-32-37)33-29(38)21-8-6-20(7-9-21)19-35-13-2-1-3-14-35/h6-12,16-18,26H,1-5,13-15,19H2,(H,33,38). The van der Waals surface area contributed by atoms with Gasteiger partial charge in [-0.3, -0.25) is 9.69 Å². The molecule has 0 bridgehead atoms. The zero-order valence-corrected chi connectivity index (χ0v) is 21.1. The summed E-state index contributed by atoms with van der Waals surface area (Å²) in [5.74, 6) is -0.500. The summed E-state index contributed by atoms with van der Waals surface area (Å²) >= 11 is 0. The molecule has 1 atom stereocenters. The van der Waals surface area contributed by atoms with Gasteiger partial charge < -0.3 is 10.2 Å². The van der Waals surface area contributed by atoms with E-state index in [9.17, 15) is 13.6 Å². The Bertz CT molecular complexity index is 1450. The molecule has 7 nitrogen and oxygen atoms in total. The molecule has 9 heteroatoms. The van der Waals surface area contributed by atoms with Crippen molar-refractivity contribution in [2.24, 2.45) is 0 Å². The van der Waals surface area contributed by atoms with Gasteiger partial charge in [-0.1, -0.05) is 18.6 Å². The minimum Gasteiger partial charge on any atom is -0.349 e. The molecule has 2 aliphatic rings. The number of likely N-dealkylation sites (tertiary alicyclic amines) is 1. The molecule has 0 saturated carbocycles. The number of hydrogen-bond acceptors (Lipinski definition) is 5. The number of amides is 1. The number of nitrogens with zero attached hydrogens (tertiary/aromatic N) is 5. The fraction of sp³-hybridized carbons (Fsp3) is 0.345. The molecule has 0 aliphatic carbocycles. The number of nitrogens with one attached hydrogen (secondary N) is 1. The first-order valence-corrected chi connectivity index (χ1v) is 13.2. The molecular weight excluding hydrogens is 486 g/mol. The maximum atomic E-state index is 14.5. The minimum atomic E-state index is -0.461. The largest absolute Gasteiger partial charge is 0.349 e. The van der Waals surface area contributed by atoms with Crippen LogP contribution in [0.5, 0.6) is 0 Å². The Morgan fingerprint density at radius 2 is 1.79 bits per heavy atom. The van der Waals surface area contributed by atoms with E-state index in [1.165, 1.54) is 37.0 Å². The molecule has 38 heavy (non-hydrogen) atoms. The van der Waals surface area contributed by atoms with Gasteiger partial charge in [-0.2, -0.15) is 5.10 Å². The Morgan fingerprint density at radius 1 is 0.974 bits per heavy atom. The molecule has 4 heterocycles. The molecule has 4 aromatic rings. The van der Waals surface area contributed by atoms with E-state index in [4.69, 9.17) is 4.98 Å².